The lowest BCUT2D eigenvalue weighted by atomic mass is 9.78. The zero-order chi connectivity index (χ0) is 19.0. The summed E-state index contributed by atoms with van der Waals surface area (Å²) in [4.78, 5) is 35.6. The highest BCUT2D eigenvalue weighted by Crippen LogP contribution is 2.63. The third-order valence-corrected chi connectivity index (χ3v) is 6.37. The van der Waals surface area contributed by atoms with Crippen LogP contribution in [0.2, 0.25) is 0 Å². The van der Waals surface area contributed by atoms with Crippen LogP contribution in [0.15, 0.2) is 11.1 Å². The monoisotopic (exact) mass is 364 g/mol. The summed E-state index contributed by atoms with van der Waals surface area (Å²) in [7, 11) is 0. The number of carbonyl (C=O) groups is 3. The van der Waals surface area contributed by atoms with Crippen LogP contribution in [-0.4, -0.2) is 47.9 Å². The molecule has 7 nitrogen and oxygen atoms in total. The van der Waals surface area contributed by atoms with E-state index >= 15 is 0 Å². The molecule has 0 aromatic heterocycles. The summed E-state index contributed by atoms with van der Waals surface area (Å²) >= 11 is 0. The smallest absolute Gasteiger partial charge is 0.309 e. The maximum absolute atomic E-state index is 12.3. The first-order valence-corrected chi connectivity index (χ1v) is 9.07. The normalized spacial score (nSPS) is 45.9. The fraction of sp³-hybridized carbons (Fsp3) is 0.737. The Morgan fingerprint density at radius 3 is 2.46 bits per heavy atom. The molecule has 0 aromatic rings. The molecule has 2 saturated heterocycles. The number of carbonyl (C=O) groups excluding carboxylic acids is 3. The van der Waals surface area contributed by atoms with Gasteiger partial charge in [0.15, 0.2) is 6.10 Å². The number of ether oxygens (including phenoxy) is 4. The summed E-state index contributed by atoms with van der Waals surface area (Å²) < 4.78 is 22.8. The van der Waals surface area contributed by atoms with Gasteiger partial charge >= 0.3 is 17.9 Å². The topological polar surface area (TPSA) is 91.4 Å². The average Bonchev–Trinajstić information content (AvgIpc) is 3.06. The van der Waals surface area contributed by atoms with Crippen molar-refractivity contribution in [2.75, 3.05) is 0 Å². The summed E-state index contributed by atoms with van der Waals surface area (Å²) in [6.45, 7) is 8.50. The summed E-state index contributed by atoms with van der Waals surface area (Å²) in [5, 5.41) is 0. The Morgan fingerprint density at radius 1 is 1.19 bits per heavy atom. The molecule has 3 fully saturated rings. The molecule has 7 heteroatoms. The van der Waals surface area contributed by atoms with Gasteiger partial charge in [0.2, 0.25) is 0 Å². The van der Waals surface area contributed by atoms with E-state index in [9.17, 15) is 14.4 Å². The Bertz CT molecular complexity index is 725. The third kappa shape index (κ3) is 2.32. The minimum absolute atomic E-state index is 0.198. The number of hydrogen-bond donors (Lipinski definition) is 0. The first-order chi connectivity index (χ1) is 12.1. The van der Waals surface area contributed by atoms with Crippen LogP contribution in [0, 0.1) is 17.8 Å². The van der Waals surface area contributed by atoms with Crippen molar-refractivity contribution in [2.24, 2.45) is 17.8 Å². The van der Waals surface area contributed by atoms with Gasteiger partial charge in [-0.1, -0.05) is 12.5 Å². The molecular formula is C19H24O7. The van der Waals surface area contributed by atoms with Gasteiger partial charge in [-0.3, -0.25) is 14.4 Å². The Hall–Kier alpha value is -1.89. The van der Waals surface area contributed by atoms with Gasteiger partial charge in [-0.15, -0.1) is 0 Å². The van der Waals surface area contributed by atoms with Gasteiger partial charge in [0.25, 0.3) is 0 Å². The molecule has 0 amide bonds. The van der Waals surface area contributed by atoms with Gasteiger partial charge in [-0.05, 0) is 19.4 Å². The van der Waals surface area contributed by atoms with Crippen molar-refractivity contribution in [2.45, 2.75) is 71.1 Å². The van der Waals surface area contributed by atoms with Crippen molar-refractivity contribution in [1.82, 2.24) is 0 Å². The first-order valence-electron chi connectivity index (χ1n) is 9.07. The predicted octanol–water partition coefficient (Wildman–Crippen LogP) is 1.53. The Labute approximate surface area is 152 Å². The highest BCUT2D eigenvalue weighted by Gasteiger charge is 2.75. The van der Waals surface area contributed by atoms with Crippen molar-refractivity contribution in [3.8, 4) is 0 Å². The van der Waals surface area contributed by atoms with Crippen molar-refractivity contribution in [1.29, 1.82) is 0 Å². The lowest BCUT2D eigenvalue weighted by molar-refractivity contribution is -0.152. The molecule has 142 valence electrons. The van der Waals surface area contributed by atoms with E-state index in [1.54, 1.807) is 0 Å². The molecule has 4 rings (SSSR count). The van der Waals surface area contributed by atoms with Crippen molar-refractivity contribution >= 4 is 17.9 Å². The maximum atomic E-state index is 12.3. The highest BCUT2D eigenvalue weighted by molar-refractivity contribution is 5.76. The van der Waals surface area contributed by atoms with Crippen molar-refractivity contribution in [3.05, 3.63) is 11.1 Å². The SMILES string of the molecule is CC(=O)O[C@@H]1CC(C)=C2[C@H](OC(C)=O)[C@H]3O[C@@]3(C)[C@@H]2[C@H]2OC(=O)[C@H](C)[C@@H]21. The van der Waals surface area contributed by atoms with Crippen LogP contribution in [0.3, 0.4) is 0 Å². The van der Waals surface area contributed by atoms with Gasteiger partial charge < -0.3 is 18.9 Å². The fourth-order valence-electron chi connectivity index (χ4n) is 5.29. The predicted molar refractivity (Wildman–Crippen MR) is 87.7 cm³/mol. The van der Waals surface area contributed by atoms with Gasteiger partial charge in [-0.25, -0.2) is 0 Å². The Balaban J connectivity index is 1.79. The van der Waals surface area contributed by atoms with Gasteiger partial charge in [0, 0.05) is 26.2 Å². The van der Waals surface area contributed by atoms with E-state index < -0.39 is 23.9 Å². The number of rotatable bonds is 2. The van der Waals surface area contributed by atoms with Gasteiger partial charge in [-0.2, -0.15) is 0 Å². The minimum atomic E-state index is -0.533. The molecule has 0 radical (unpaired) electrons. The second-order valence-electron chi connectivity index (χ2n) is 8.09. The quantitative estimate of drug-likeness (QED) is 0.318. The van der Waals surface area contributed by atoms with Crippen molar-refractivity contribution < 1.29 is 33.3 Å². The van der Waals surface area contributed by atoms with E-state index in [1.165, 1.54) is 13.8 Å². The van der Waals surface area contributed by atoms with Crippen LogP contribution in [0.1, 0.15) is 41.0 Å². The van der Waals surface area contributed by atoms with Crippen LogP contribution < -0.4 is 0 Å². The van der Waals surface area contributed by atoms with E-state index in [0.717, 1.165) is 11.1 Å². The molecule has 0 N–H and O–H groups in total. The summed E-state index contributed by atoms with van der Waals surface area (Å²) in [5.41, 5.74) is 1.45. The summed E-state index contributed by atoms with van der Waals surface area (Å²) in [5.74, 6) is -1.85. The number of esters is 3. The molecule has 8 atom stereocenters. The number of hydrogen-bond acceptors (Lipinski definition) is 7. The van der Waals surface area contributed by atoms with Gasteiger partial charge in [0.05, 0.1) is 11.8 Å². The first kappa shape index (κ1) is 17.5. The highest BCUT2D eigenvalue weighted by atomic mass is 16.7. The molecule has 0 spiro atoms. The van der Waals surface area contributed by atoms with E-state index in [4.69, 9.17) is 18.9 Å². The maximum Gasteiger partial charge on any atom is 0.309 e. The van der Waals surface area contributed by atoms with Crippen LogP contribution in [0.4, 0.5) is 0 Å². The minimum Gasteiger partial charge on any atom is -0.462 e. The van der Waals surface area contributed by atoms with Crippen LogP contribution in [0.5, 0.6) is 0 Å². The molecule has 1 saturated carbocycles. The van der Waals surface area contributed by atoms with E-state index in [0.29, 0.717) is 6.42 Å². The molecule has 4 aliphatic rings. The summed E-state index contributed by atoms with van der Waals surface area (Å²) in [6, 6.07) is 0. The van der Waals surface area contributed by atoms with Crippen LogP contribution in [0.25, 0.3) is 0 Å². The molecule has 2 aliphatic heterocycles. The average molecular weight is 364 g/mol. The lowest BCUT2D eigenvalue weighted by Gasteiger charge is -2.31. The molecular weight excluding hydrogens is 340 g/mol. The molecule has 26 heavy (non-hydrogen) atoms. The molecule has 0 bridgehead atoms. The number of epoxide rings is 1. The van der Waals surface area contributed by atoms with Crippen molar-refractivity contribution in [3.63, 3.8) is 0 Å². The fourth-order valence-corrected chi connectivity index (χ4v) is 5.29. The third-order valence-electron chi connectivity index (χ3n) is 6.37. The van der Waals surface area contributed by atoms with Crippen LogP contribution in [-0.2, 0) is 33.3 Å². The second-order valence-corrected chi connectivity index (χ2v) is 8.09. The lowest BCUT2D eigenvalue weighted by Crippen LogP contribution is -2.41. The van der Waals surface area contributed by atoms with Gasteiger partial charge in [0.1, 0.15) is 23.9 Å². The van der Waals surface area contributed by atoms with E-state index in [2.05, 4.69) is 0 Å². The largest absolute Gasteiger partial charge is 0.462 e. The molecule has 0 unspecified atom stereocenters. The number of fused-ring (bicyclic) bond motifs is 5. The zero-order valence-corrected chi connectivity index (χ0v) is 15.6. The Kier molecular flexibility index (Phi) is 3.74. The zero-order valence-electron chi connectivity index (χ0n) is 15.6. The molecule has 2 heterocycles. The second kappa shape index (κ2) is 5.55. The molecule has 2 aliphatic carbocycles. The van der Waals surface area contributed by atoms with E-state index in [1.807, 2.05) is 20.8 Å². The standard InChI is InChI=1S/C19H24O7/c1-7-6-11(23-9(3)20)13-8(2)18(22)25-15(13)14-12(7)16(24-10(4)21)17-19(14,5)26-17/h8,11,13-17H,6H2,1-5H3/t8-,11-,13-,14+,15+,16+,17-,19+/m1/s1. The van der Waals surface area contributed by atoms with Crippen LogP contribution >= 0.6 is 0 Å². The Morgan fingerprint density at radius 2 is 1.85 bits per heavy atom. The summed E-state index contributed by atoms with van der Waals surface area (Å²) in [6.07, 6.45) is -1.11. The molecule has 0 aromatic carbocycles. The van der Waals surface area contributed by atoms with E-state index in [-0.39, 0.29) is 41.8 Å².